The number of carbonyl (C=O) groups excluding carboxylic acids is 1. The van der Waals surface area contributed by atoms with E-state index in [2.05, 4.69) is 11.1 Å². The SMILES string of the molecule is CCOc1ccc2c(c1)CN(C(=O)c1ccncc1)CC2. The average Bonchev–Trinajstić information content (AvgIpc) is 2.54. The predicted molar refractivity (Wildman–Crippen MR) is 80.3 cm³/mol. The van der Waals surface area contributed by atoms with Crippen molar-refractivity contribution < 1.29 is 9.53 Å². The summed E-state index contributed by atoms with van der Waals surface area (Å²) in [5, 5.41) is 0. The minimum atomic E-state index is 0.0601. The van der Waals surface area contributed by atoms with Gasteiger partial charge in [0.2, 0.25) is 0 Å². The number of carbonyl (C=O) groups is 1. The van der Waals surface area contributed by atoms with Crippen molar-refractivity contribution in [3.63, 3.8) is 0 Å². The Labute approximate surface area is 124 Å². The molecule has 4 heteroatoms. The first-order valence-corrected chi connectivity index (χ1v) is 7.22. The second-order valence-electron chi connectivity index (χ2n) is 5.08. The molecule has 0 saturated heterocycles. The number of amides is 1. The summed E-state index contributed by atoms with van der Waals surface area (Å²) in [4.78, 5) is 18.3. The maximum absolute atomic E-state index is 12.5. The van der Waals surface area contributed by atoms with Crippen molar-refractivity contribution in [3.8, 4) is 5.75 Å². The van der Waals surface area contributed by atoms with Gasteiger partial charge in [0.15, 0.2) is 0 Å². The molecule has 0 fully saturated rings. The third-order valence-corrected chi connectivity index (χ3v) is 3.72. The van der Waals surface area contributed by atoms with Gasteiger partial charge in [0.1, 0.15) is 5.75 Å². The van der Waals surface area contributed by atoms with Gasteiger partial charge in [-0.15, -0.1) is 0 Å². The van der Waals surface area contributed by atoms with Gasteiger partial charge in [-0.3, -0.25) is 9.78 Å². The number of hydrogen-bond donors (Lipinski definition) is 0. The first-order valence-electron chi connectivity index (χ1n) is 7.22. The molecule has 0 saturated carbocycles. The van der Waals surface area contributed by atoms with Crippen LogP contribution >= 0.6 is 0 Å². The Balaban J connectivity index is 1.80. The molecule has 108 valence electrons. The number of aromatic nitrogens is 1. The van der Waals surface area contributed by atoms with Crippen molar-refractivity contribution >= 4 is 5.91 Å². The number of rotatable bonds is 3. The molecular formula is C17H18N2O2. The van der Waals surface area contributed by atoms with Crippen LogP contribution < -0.4 is 4.74 Å². The minimum Gasteiger partial charge on any atom is -0.494 e. The highest BCUT2D eigenvalue weighted by molar-refractivity contribution is 5.94. The summed E-state index contributed by atoms with van der Waals surface area (Å²) in [6.45, 7) is 4.01. The van der Waals surface area contributed by atoms with Crippen LogP contribution in [0.25, 0.3) is 0 Å². The zero-order valence-electron chi connectivity index (χ0n) is 12.1. The largest absolute Gasteiger partial charge is 0.494 e. The molecule has 1 aliphatic heterocycles. The Kier molecular flexibility index (Phi) is 3.86. The van der Waals surface area contributed by atoms with Crippen LogP contribution in [-0.4, -0.2) is 28.9 Å². The third-order valence-electron chi connectivity index (χ3n) is 3.72. The van der Waals surface area contributed by atoms with Crippen molar-refractivity contribution in [3.05, 3.63) is 59.4 Å². The van der Waals surface area contributed by atoms with Crippen molar-refractivity contribution in [2.24, 2.45) is 0 Å². The summed E-state index contributed by atoms with van der Waals surface area (Å²) in [7, 11) is 0. The van der Waals surface area contributed by atoms with E-state index in [9.17, 15) is 4.79 Å². The van der Waals surface area contributed by atoms with Gasteiger partial charge in [0.05, 0.1) is 6.61 Å². The van der Waals surface area contributed by atoms with Crippen LogP contribution in [0.15, 0.2) is 42.7 Å². The standard InChI is InChI=1S/C17H18N2O2/c1-2-21-16-4-3-13-7-10-19(12-15(13)11-16)17(20)14-5-8-18-9-6-14/h3-6,8-9,11H,2,7,10,12H2,1H3. The van der Waals surface area contributed by atoms with Gasteiger partial charge in [-0.25, -0.2) is 0 Å². The Bertz CT molecular complexity index is 640. The second kappa shape index (κ2) is 5.95. The molecule has 1 aromatic carbocycles. The van der Waals surface area contributed by atoms with Gasteiger partial charge < -0.3 is 9.64 Å². The fourth-order valence-electron chi connectivity index (χ4n) is 2.64. The third kappa shape index (κ3) is 2.89. The molecule has 0 unspecified atom stereocenters. The van der Waals surface area contributed by atoms with Crippen molar-refractivity contribution in [1.29, 1.82) is 0 Å². The Morgan fingerprint density at radius 2 is 2.05 bits per heavy atom. The van der Waals surface area contributed by atoms with Crippen LogP contribution in [0, 0.1) is 0 Å². The van der Waals surface area contributed by atoms with E-state index in [4.69, 9.17) is 4.74 Å². The van der Waals surface area contributed by atoms with Gasteiger partial charge in [-0.1, -0.05) is 6.07 Å². The molecule has 0 spiro atoms. The summed E-state index contributed by atoms with van der Waals surface area (Å²) in [6.07, 6.45) is 4.19. The molecule has 1 aromatic heterocycles. The van der Waals surface area contributed by atoms with E-state index in [1.165, 1.54) is 11.1 Å². The molecule has 0 N–H and O–H groups in total. The average molecular weight is 282 g/mol. The highest BCUT2D eigenvalue weighted by Gasteiger charge is 2.22. The molecular weight excluding hydrogens is 264 g/mol. The summed E-state index contributed by atoms with van der Waals surface area (Å²) >= 11 is 0. The lowest BCUT2D eigenvalue weighted by molar-refractivity contribution is 0.0734. The Morgan fingerprint density at radius 1 is 1.24 bits per heavy atom. The number of hydrogen-bond acceptors (Lipinski definition) is 3. The first kappa shape index (κ1) is 13.6. The number of fused-ring (bicyclic) bond motifs is 1. The van der Waals surface area contributed by atoms with Gasteiger partial charge >= 0.3 is 0 Å². The molecule has 1 aliphatic rings. The summed E-state index contributed by atoms with van der Waals surface area (Å²) in [5.74, 6) is 0.930. The lowest BCUT2D eigenvalue weighted by Crippen LogP contribution is -2.35. The molecule has 2 aromatic rings. The normalized spacial score (nSPS) is 13.7. The lowest BCUT2D eigenvalue weighted by atomic mass is 9.99. The molecule has 0 bridgehead atoms. The zero-order valence-corrected chi connectivity index (χ0v) is 12.1. The molecule has 0 aliphatic carbocycles. The van der Waals surface area contributed by atoms with Crippen LogP contribution in [0.1, 0.15) is 28.4 Å². The molecule has 4 nitrogen and oxygen atoms in total. The highest BCUT2D eigenvalue weighted by atomic mass is 16.5. The maximum Gasteiger partial charge on any atom is 0.254 e. The number of pyridine rings is 1. The quantitative estimate of drug-likeness (QED) is 0.869. The van der Waals surface area contributed by atoms with Crippen LogP contribution in [0.4, 0.5) is 0 Å². The van der Waals surface area contributed by atoms with Crippen LogP contribution in [-0.2, 0) is 13.0 Å². The second-order valence-corrected chi connectivity index (χ2v) is 5.08. The number of nitrogens with zero attached hydrogens (tertiary/aromatic N) is 2. The van der Waals surface area contributed by atoms with Crippen LogP contribution in [0.2, 0.25) is 0 Å². The predicted octanol–water partition coefficient (Wildman–Crippen LogP) is 2.68. The zero-order chi connectivity index (χ0) is 14.7. The topological polar surface area (TPSA) is 42.4 Å². The molecule has 21 heavy (non-hydrogen) atoms. The van der Waals surface area contributed by atoms with Gasteiger partial charge in [-0.2, -0.15) is 0 Å². The highest BCUT2D eigenvalue weighted by Crippen LogP contribution is 2.24. The summed E-state index contributed by atoms with van der Waals surface area (Å²) in [6, 6.07) is 9.67. The minimum absolute atomic E-state index is 0.0601. The van der Waals surface area contributed by atoms with Gasteiger partial charge in [0.25, 0.3) is 5.91 Å². The van der Waals surface area contributed by atoms with Crippen molar-refractivity contribution in [1.82, 2.24) is 9.88 Å². The monoisotopic (exact) mass is 282 g/mol. The fraction of sp³-hybridized carbons (Fsp3) is 0.294. The van der Waals surface area contributed by atoms with Crippen LogP contribution in [0.3, 0.4) is 0 Å². The van der Waals surface area contributed by atoms with Crippen LogP contribution in [0.5, 0.6) is 5.75 Å². The molecule has 0 radical (unpaired) electrons. The van der Waals surface area contributed by atoms with E-state index < -0.39 is 0 Å². The lowest BCUT2D eigenvalue weighted by Gasteiger charge is -2.29. The van der Waals surface area contributed by atoms with Gasteiger partial charge in [-0.05, 0) is 48.7 Å². The van der Waals surface area contributed by atoms with E-state index in [0.29, 0.717) is 18.7 Å². The smallest absolute Gasteiger partial charge is 0.254 e. The summed E-state index contributed by atoms with van der Waals surface area (Å²) in [5.41, 5.74) is 3.17. The molecule has 3 rings (SSSR count). The summed E-state index contributed by atoms with van der Waals surface area (Å²) < 4.78 is 5.54. The van der Waals surface area contributed by atoms with E-state index in [0.717, 1.165) is 18.7 Å². The van der Waals surface area contributed by atoms with E-state index in [1.807, 2.05) is 24.0 Å². The van der Waals surface area contributed by atoms with Gasteiger partial charge in [0, 0.05) is 31.0 Å². The fourth-order valence-corrected chi connectivity index (χ4v) is 2.64. The number of benzene rings is 1. The van der Waals surface area contributed by atoms with Crippen molar-refractivity contribution in [2.45, 2.75) is 19.9 Å². The Hall–Kier alpha value is -2.36. The molecule has 1 amide bonds. The van der Waals surface area contributed by atoms with E-state index in [1.54, 1.807) is 24.5 Å². The molecule has 2 heterocycles. The van der Waals surface area contributed by atoms with E-state index in [-0.39, 0.29) is 5.91 Å². The van der Waals surface area contributed by atoms with E-state index >= 15 is 0 Å². The maximum atomic E-state index is 12.5. The Morgan fingerprint density at radius 3 is 2.81 bits per heavy atom. The van der Waals surface area contributed by atoms with Crippen molar-refractivity contribution in [2.75, 3.05) is 13.2 Å². The number of ether oxygens (including phenoxy) is 1. The molecule has 0 atom stereocenters. The first-order chi connectivity index (χ1) is 10.3.